The third kappa shape index (κ3) is 4.82. The fourth-order valence-electron chi connectivity index (χ4n) is 3.16. The Hall–Kier alpha value is -1.87. The lowest BCUT2D eigenvalue weighted by atomic mass is 10.2. The van der Waals surface area contributed by atoms with E-state index in [1.807, 2.05) is 12.3 Å². The zero-order chi connectivity index (χ0) is 17.8. The van der Waals surface area contributed by atoms with Gasteiger partial charge in [-0.25, -0.2) is 14.4 Å². The Morgan fingerprint density at radius 3 is 3.04 bits per heavy atom. The average Bonchev–Trinajstić information content (AvgIpc) is 3.29. The maximum atomic E-state index is 13.9. The van der Waals surface area contributed by atoms with Crippen LogP contribution >= 0.6 is 11.3 Å². The fourth-order valence-corrected chi connectivity index (χ4v) is 3.77. The van der Waals surface area contributed by atoms with Crippen LogP contribution in [-0.4, -0.2) is 67.8 Å². The van der Waals surface area contributed by atoms with Crippen LogP contribution in [0.4, 0.5) is 4.39 Å². The molecule has 3 rings (SSSR count). The van der Waals surface area contributed by atoms with Crippen LogP contribution in [0.2, 0.25) is 0 Å². The molecular weight excluding hydrogens is 343 g/mol. The lowest BCUT2D eigenvalue weighted by Gasteiger charge is -2.28. The molecule has 1 saturated heterocycles. The van der Waals surface area contributed by atoms with E-state index in [0.29, 0.717) is 39.0 Å². The summed E-state index contributed by atoms with van der Waals surface area (Å²) >= 11 is 1.60. The van der Waals surface area contributed by atoms with Gasteiger partial charge in [-0.1, -0.05) is 0 Å². The summed E-state index contributed by atoms with van der Waals surface area (Å²) in [6.45, 7) is 4.04. The highest BCUT2D eigenvalue weighted by Crippen LogP contribution is 2.24. The van der Waals surface area contributed by atoms with E-state index >= 15 is 0 Å². The third-order valence-corrected chi connectivity index (χ3v) is 5.26. The van der Waals surface area contributed by atoms with Gasteiger partial charge in [0.25, 0.3) is 0 Å². The molecule has 0 saturated carbocycles. The van der Waals surface area contributed by atoms with Crippen LogP contribution in [0, 0.1) is 6.92 Å². The summed E-state index contributed by atoms with van der Waals surface area (Å²) in [5.41, 5.74) is 0.974. The molecule has 9 heteroatoms. The minimum Gasteiger partial charge on any atom is -0.344 e. The van der Waals surface area contributed by atoms with E-state index in [4.69, 9.17) is 0 Å². The number of halogens is 1. The van der Waals surface area contributed by atoms with Gasteiger partial charge in [-0.3, -0.25) is 14.4 Å². The van der Waals surface area contributed by atoms with Gasteiger partial charge < -0.3 is 4.90 Å². The standard InChI is InChI=1S/C16H23FN6OS/c1-12-20-14(9-25-12)7-22-6-13(17)5-15(22)8-21(2)16(24)3-4-23-11-18-10-19-23/h9-11,13,15H,3-8H2,1-2H3/t13-,15-/m0/s1. The quantitative estimate of drug-likeness (QED) is 0.743. The van der Waals surface area contributed by atoms with Gasteiger partial charge in [-0.2, -0.15) is 5.10 Å². The number of likely N-dealkylation sites (tertiary alicyclic amines) is 1. The van der Waals surface area contributed by atoms with Crippen molar-refractivity contribution in [3.63, 3.8) is 0 Å². The van der Waals surface area contributed by atoms with E-state index in [1.165, 1.54) is 6.33 Å². The van der Waals surface area contributed by atoms with E-state index in [1.54, 1.807) is 34.3 Å². The Morgan fingerprint density at radius 1 is 1.52 bits per heavy atom. The van der Waals surface area contributed by atoms with E-state index in [2.05, 4.69) is 20.0 Å². The fraction of sp³-hybridized carbons (Fsp3) is 0.625. The van der Waals surface area contributed by atoms with Crippen molar-refractivity contribution in [2.45, 2.75) is 45.1 Å². The number of hydrogen-bond donors (Lipinski definition) is 0. The molecule has 25 heavy (non-hydrogen) atoms. The highest BCUT2D eigenvalue weighted by molar-refractivity contribution is 7.09. The number of thiazole rings is 1. The van der Waals surface area contributed by atoms with Crippen molar-refractivity contribution in [3.8, 4) is 0 Å². The van der Waals surface area contributed by atoms with Crippen LogP contribution < -0.4 is 0 Å². The first-order valence-corrected chi connectivity index (χ1v) is 9.24. The highest BCUT2D eigenvalue weighted by Gasteiger charge is 2.33. The molecule has 0 aliphatic carbocycles. The summed E-state index contributed by atoms with van der Waals surface area (Å²) in [5, 5.41) is 7.03. The van der Waals surface area contributed by atoms with Crippen molar-refractivity contribution in [2.75, 3.05) is 20.1 Å². The van der Waals surface area contributed by atoms with Gasteiger partial charge in [-0.05, 0) is 13.3 Å². The van der Waals surface area contributed by atoms with E-state index in [-0.39, 0.29) is 11.9 Å². The number of likely N-dealkylation sites (N-methyl/N-ethyl adjacent to an activating group) is 1. The third-order valence-electron chi connectivity index (χ3n) is 4.44. The van der Waals surface area contributed by atoms with Crippen molar-refractivity contribution in [1.29, 1.82) is 0 Å². The number of aromatic nitrogens is 4. The minimum atomic E-state index is -0.844. The van der Waals surface area contributed by atoms with Crippen molar-refractivity contribution >= 4 is 17.2 Å². The lowest BCUT2D eigenvalue weighted by molar-refractivity contribution is -0.130. The molecule has 7 nitrogen and oxygen atoms in total. The SMILES string of the molecule is Cc1nc(CN2C[C@@H](F)C[C@H]2CN(C)C(=O)CCn2cncn2)cs1. The minimum absolute atomic E-state index is 0.0253. The molecule has 1 fully saturated rings. The molecule has 0 N–H and O–H groups in total. The van der Waals surface area contributed by atoms with Crippen LogP contribution in [0.5, 0.6) is 0 Å². The summed E-state index contributed by atoms with van der Waals surface area (Å²) in [6.07, 6.45) is 3.02. The predicted molar refractivity (Wildman–Crippen MR) is 92.8 cm³/mol. The number of aryl methyl sites for hydroxylation is 2. The van der Waals surface area contributed by atoms with Gasteiger partial charge in [0.05, 0.1) is 17.2 Å². The van der Waals surface area contributed by atoms with E-state index in [9.17, 15) is 9.18 Å². The first-order chi connectivity index (χ1) is 12.0. The van der Waals surface area contributed by atoms with Gasteiger partial charge in [0, 0.05) is 44.5 Å². The van der Waals surface area contributed by atoms with Crippen LogP contribution in [-0.2, 0) is 17.9 Å². The normalized spacial score (nSPS) is 20.9. The van der Waals surface area contributed by atoms with Gasteiger partial charge in [-0.15, -0.1) is 11.3 Å². The van der Waals surface area contributed by atoms with Crippen LogP contribution in [0.3, 0.4) is 0 Å². The molecular formula is C16H23FN6OS. The van der Waals surface area contributed by atoms with Crippen LogP contribution in [0.15, 0.2) is 18.0 Å². The number of hydrogen-bond acceptors (Lipinski definition) is 6. The zero-order valence-corrected chi connectivity index (χ0v) is 15.3. The Balaban J connectivity index is 1.52. The topological polar surface area (TPSA) is 67.2 Å². The van der Waals surface area contributed by atoms with Crippen molar-refractivity contribution in [2.24, 2.45) is 0 Å². The maximum Gasteiger partial charge on any atom is 0.224 e. The molecule has 0 radical (unpaired) electrons. The van der Waals surface area contributed by atoms with Crippen LogP contribution in [0.25, 0.3) is 0 Å². The molecule has 1 aliphatic heterocycles. The molecule has 2 atom stereocenters. The van der Waals surface area contributed by atoms with Gasteiger partial charge >= 0.3 is 0 Å². The summed E-state index contributed by atoms with van der Waals surface area (Å²) < 4.78 is 15.6. The number of nitrogens with zero attached hydrogens (tertiary/aromatic N) is 6. The average molecular weight is 366 g/mol. The molecule has 136 valence electrons. The second-order valence-electron chi connectivity index (χ2n) is 6.46. The second-order valence-corrected chi connectivity index (χ2v) is 7.52. The molecule has 0 spiro atoms. The first-order valence-electron chi connectivity index (χ1n) is 8.36. The molecule has 2 aromatic rings. The van der Waals surface area contributed by atoms with Crippen molar-refractivity contribution in [1.82, 2.24) is 29.5 Å². The number of amides is 1. The van der Waals surface area contributed by atoms with Crippen molar-refractivity contribution < 1.29 is 9.18 Å². The molecule has 0 bridgehead atoms. The second kappa shape index (κ2) is 8.01. The first kappa shape index (κ1) is 17.9. The smallest absolute Gasteiger partial charge is 0.224 e. The number of alkyl halides is 1. The highest BCUT2D eigenvalue weighted by atomic mass is 32.1. The Bertz CT molecular complexity index is 691. The summed E-state index contributed by atoms with van der Waals surface area (Å²) in [6, 6.07) is 0.0253. The molecule has 3 heterocycles. The maximum absolute atomic E-state index is 13.9. The van der Waals surface area contributed by atoms with Gasteiger partial charge in [0.15, 0.2) is 0 Å². The molecule has 1 aliphatic rings. The summed E-state index contributed by atoms with van der Waals surface area (Å²) in [5.74, 6) is 0.0299. The number of rotatable bonds is 7. The lowest BCUT2D eigenvalue weighted by Crippen LogP contribution is -2.41. The number of carbonyl (C=O) groups is 1. The van der Waals surface area contributed by atoms with Crippen LogP contribution in [0.1, 0.15) is 23.5 Å². The van der Waals surface area contributed by atoms with Gasteiger partial charge in [0.2, 0.25) is 5.91 Å². The monoisotopic (exact) mass is 366 g/mol. The largest absolute Gasteiger partial charge is 0.344 e. The molecule has 2 aromatic heterocycles. The molecule has 1 amide bonds. The molecule has 0 aromatic carbocycles. The van der Waals surface area contributed by atoms with E-state index < -0.39 is 6.17 Å². The number of carbonyl (C=O) groups excluding carboxylic acids is 1. The van der Waals surface area contributed by atoms with E-state index in [0.717, 1.165) is 10.7 Å². The Kier molecular flexibility index (Phi) is 5.74. The predicted octanol–water partition coefficient (Wildman–Crippen LogP) is 1.50. The zero-order valence-electron chi connectivity index (χ0n) is 14.5. The summed E-state index contributed by atoms with van der Waals surface area (Å²) in [4.78, 5) is 24.4. The van der Waals surface area contributed by atoms with Gasteiger partial charge in [0.1, 0.15) is 18.8 Å². The van der Waals surface area contributed by atoms with Crippen molar-refractivity contribution in [3.05, 3.63) is 28.7 Å². The Morgan fingerprint density at radius 2 is 2.36 bits per heavy atom. The Labute approximate surface area is 150 Å². The summed E-state index contributed by atoms with van der Waals surface area (Å²) in [7, 11) is 1.78. The molecule has 0 unspecified atom stereocenters.